The molecule has 280 valence electrons. The van der Waals surface area contributed by atoms with Gasteiger partial charge in [0, 0.05) is 34.2 Å². The summed E-state index contributed by atoms with van der Waals surface area (Å²) in [4.78, 5) is 68.8. The van der Waals surface area contributed by atoms with Gasteiger partial charge in [0.25, 0.3) is 0 Å². The number of nitrogens with zero attached hydrogens (tertiary/aromatic N) is 2. The summed E-state index contributed by atoms with van der Waals surface area (Å²) in [5, 5.41) is 18.2. The highest BCUT2D eigenvalue weighted by Gasteiger charge is 2.43. The predicted octanol–water partition coefficient (Wildman–Crippen LogP) is 2.25. The van der Waals surface area contributed by atoms with Crippen LogP contribution in [0.2, 0.25) is 0 Å². The fourth-order valence-electron chi connectivity index (χ4n) is 6.79. The first-order chi connectivity index (χ1) is 23.6. The van der Waals surface area contributed by atoms with E-state index < -0.39 is 54.2 Å². The number of likely N-dealkylation sites (N-methyl/N-ethyl adjacent to an activating group) is 2. The van der Waals surface area contributed by atoms with Crippen molar-refractivity contribution in [3.8, 4) is 0 Å². The van der Waals surface area contributed by atoms with Gasteiger partial charge in [-0.3, -0.25) is 19.2 Å². The van der Waals surface area contributed by atoms with Crippen molar-refractivity contribution in [2.75, 3.05) is 41.4 Å². The number of hydrogen-bond donors (Lipinski definition) is 4. The molecule has 1 aromatic rings. The molecule has 1 fully saturated rings. The SMILES string of the molecule is C=C1CC(C(OC)C(C)C(=O)NC(Cc2ccccc2)C(=O)O)N(C(=O)CC(OC)C(C(C)CC)N(C)C(=O)CNC(=O)C(NC)C(C)C)C1. The lowest BCUT2D eigenvalue weighted by atomic mass is 9.90. The number of carboxylic acids is 1. The number of methoxy groups -OCH3 is 2. The lowest BCUT2D eigenvalue weighted by Crippen LogP contribution is -2.55. The number of hydrogen-bond acceptors (Lipinski definition) is 8. The molecular formula is C37H59N5O8. The summed E-state index contributed by atoms with van der Waals surface area (Å²) in [6.07, 6.45) is -0.248. The average molecular weight is 702 g/mol. The Bertz CT molecular complexity index is 1310. The van der Waals surface area contributed by atoms with Crippen LogP contribution in [-0.4, -0.2) is 122 Å². The summed E-state index contributed by atoms with van der Waals surface area (Å²) < 4.78 is 11.7. The molecule has 1 aliphatic rings. The molecule has 2 rings (SSSR count). The molecule has 8 unspecified atom stereocenters. The monoisotopic (exact) mass is 701 g/mol. The molecule has 1 heterocycles. The van der Waals surface area contributed by atoms with Crippen molar-refractivity contribution >= 4 is 29.6 Å². The average Bonchev–Trinajstić information content (AvgIpc) is 3.47. The van der Waals surface area contributed by atoms with Gasteiger partial charge < -0.3 is 40.3 Å². The molecule has 0 spiro atoms. The van der Waals surface area contributed by atoms with Gasteiger partial charge in [0.05, 0.1) is 49.2 Å². The van der Waals surface area contributed by atoms with Crippen LogP contribution in [0, 0.1) is 17.8 Å². The van der Waals surface area contributed by atoms with Gasteiger partial charge in [0.15, 0.2) is 0 Å². The van der Waals surface area contributed by atoms with Crippen LogP contribution in [0.3, 0.4) is 0 Å². The number of likely N-dealkylation sites (tertiary alicyclic amines) is 1. The Labute approximate surface area is 297 Å². The van der Waals surface area contributed by atoms with E-state index in [0.29, 0.717) is 12.8 Å². The molecule has 13 nitrogen and oxygen atoms in total. The molecule has 0 aliphatic carbocycles. The second-order valence-corrected chi connectivity index (χ2v) is 13.7. The Morgan fingerprint density at radius 3 is 2.20 bits per heavy atom. The zero-order valence-corrected chi connectivity index (χ0v) is 31.2. The lowest BCUT2D eigenvalue weighted by Gasteiger charge is -2.39. The second kappa shape index (κ2) is 20.1. The number of aliphatic carboxylic acids is 1. The molecular weight excluding hydrogens is 642 g/mol. The van der Waals surface area contributed by atoms with Crippen LogP contribution >= 0.6 is 0 Å². The first-order valence-corrected chi connectivity index (χ1v) is 17.4. The third-order valence-corrected chi connectivity index (χ3v) is 9.87. The molecule has 1 aliphatic heterocycles. The van der Waals surface area contributed by atoms with E-state index in [2.05, 4.69) is 22.5 Å². The minimum atomic E-state index is -1.15. The van der Waals surface area contributed by atoms with Crippen LogP contribution < -0.4 is 16.0 Å². The van der Waals surface area contributed by atoms with E-state index in [1.807, 2.05) is 33.8 Å². The summed E-state index contributed by atoms with van der Waals surface area (Å²) in [7, 11) is 6.33. The number of carbonyl (C=O) groups excluding carboxylic acids is 4. The first-order valence-electron chi connectivity index (χ1n) is 17.4. The van der Waals surface area contributed by atoms with Crippen LogP contribution in [0.15, 0.2) is 42.5 Å². The molecule has 1 aromatic carbocycles. The molecule has 0 aromatic heterocycles. The van der Waals surface area contributed by atoms with E-state index >= 15 is 0 Å². The van der Waals surface area contributed by atoms with Crippen molar-refractivity contribution in [2.45, 2.75) is 96.7 Å². The largest absolute Gasteiger partial charge is 0.480 e. The van der Waals surface area contributed by atoms with Gasteiger partial charge in [-0.05, 0) is 30.9 Å². The Hall–Kier alpha value is -3.81. The Balaban J connectivity index is 2.22. The number of carbonyl (C=O) groups is 5. The van der Waals surface area contributed by atoms with Gasteiger partial charge >= 0.3 is 5.97 Å². The van der Waals surface area contributed by atoms with Gasteiger partial charge in [-0.25, -0.2) is 4.79 Å². The zero-order chi connectivity index (χ0) is 37.7. The molecule has 8 atom stereocenters. The van der Waals surface area contributed by atoms with Gasteiger partial charge in [-0.2, -0.15) is 0 Å². The fraction of sp³-hybridized carbons (Fsp3) is 0.649. The summed E-state index contributed by atoms with van der Waals surface area (Å²) in [5.74, 6) is -3.30. The quantitative estimate of drug-likeness (QED) is 0.149. The van der Waals surface area contributed by atoms with Crippen LogP contribution in [0.25, 0.3) is 0 Å². The summed E-state index contributed by atoms with van der Waals surface area (Å²) in [6.45, 7) is 13.7. The van der Waals surface area contributed by atoms with Crippen LogP contribution in [0.4, 0.5) is 0 Å². The van der Waals surface area contributed by atoms with Crippen molar-refractivity contribution < 1.29 is 38.6 Å². The van der Waals surface area contributed by atoms with Gasteiger partial charge in [-0.1, -0.05) is 83.5 Å². The van der Waals surface area contributed by atoms with Crippen molar-refractivity contribution in [1.29, 1.82) is 0 Å². The Kier molecular flexibility index (Phi) is 17.1. The highest BCUT2D eigenvalue weighted by Crippen LogP contribution is 2.31. The summed E-state index contributed by atoms with van der Waals surface area (Å²) in [5.41, 5.74) is 1.57. The minimum absolute atomic E-state index is 0.0337. The Morgan fingerprint density at radius 1 is 1.04 bits per heavy atom. The second-order valence-electron chi connectivity index (χ2n) is 13.7. The maximum Gasteiger partial charge on any atom is 0.326 e. The molecule has 13 heteroatoms. The van der Waals surface area contributed by atoms with Gasteiger partial charge in [-0.15, -0.1) is 0 Å². The molecule has 50 heavy (non-hydrogen) atoms. The third kappa shape index (κ3) is 11.4. The molecule has 0 saturated carbocycles. The molecule has 0 bridgehead atoms. The molecule has 4 amide bonds. The fourth-order valence-corrected chi connectivity index (χ4v) is 6.79. The minimum Gasteiger partial charge on any atom is -0.480 e. The standard InChI is InChI=1S/C37H59N5O8/c1-11-24(5)33(41(8)31(44)20-39-36(46)32(38-7)22(2)3)29(49-9)19-30(43)42-21-23(4)17-28(42)34(50-10)25(6)35(45)40-27(37(47)48)18-26-15-13-12-14-16-26/h12-16,22,24-25,27-29,32-34,38H,4,11,17-21H2,1-3,5-10H3,(H,39,46)(H,40,45)(H,47,48). The van der Waals surface area contributed by atoms with E-state index in [4.69, 9.17) is 9.47 Å². The summed E-state index contributed by atoms with van der Waals surface area (Å²) in [6, 6.07) is 6.45. The highest BCUT2D eigenvalue weighted by atomic mass is 16.5. The number of benzene rings is 1. The maximum atomic E-state index is 14.1. The normalized spacial score (nSPS) is 18.8. The molecule has 1 saturated heterocycles. The topological polar surface area (TPSA) is 167 Å². The predicted molar refractivity (Wildman–Crippen MR) is 191 cm³/mol. The number of amides is 4. The first kappa shape index (κ1) is 42.4. The van der Waals surface area contributed by atoms with Crippen molar-refractivity contribution in [3.05, 3.63) is 48.0 Å². The van der Waals surface area contributed by atoms with Gasteiger partial charge in [0.1, 0.15) is 6.04 Å². The third-order valence-electron chi connectivity index (χ3n) is 9.87. The van der Waals surface area contributed by atoms with E-state index in [1.54, 1.807) is 55.1 Å². The van der Waals surface area contributed by atoms with Crippen molar-refractivity contribution in [1.82, 2.24) is 25.8 Å². The van der Waals surface area contributed by atoms with Crippen LogP contribution in [-0.2, 0) is 39.9 Å². The smallest absolute Gasteiger partial charge is 0.326 e. The number of rotatable bonds is 20. The van der Waals surface area contributed by atoms with E-state index in [9.17, 15) is 29.1 Å². The van der Waals surface area contributed by atoms with Crippen molar-refractivity contribution in [3.63, 3.8) is 0 Å². The highest BCUT2D eigenvalue weighted by molar-refractivity contribution is 5.88. The number of nitrogens with one attached hydrogen (secondary N) is 3. The zero-order valence-electron chi connectivity index (χ0n) is 31.2. The van der Waals surface area contributed by atoms with Gasteiger partial charge in [0.2, 0.25) is 23.6 Å². The van der Waals surface area contributed by atoms with E-state index in [0.717, 1.165) is 11.1 Å². The summed E-state index contributed by atoms with van der Waals surface area (Å²) >= 11 is 0. The molecule has 4 N–H and O–H groups in total. The number of carboxylic acid groups (broad SMARTS) is 1. The van der Waals surface area contributed by atoms with E-state index in [1.165, 1.54) is 14.2 Å². The number of ether oxygens (including phenoxy) is 2. The molecule has 0 radical (unpaired) electrons. The Morgan fingerprint density at radius 2 is 1.68 bits per heavy atom. The van der Waals surface area contributed by atoms with Crippen molar-refractivity contribution in [2.24, 2.45) is 17.8 Å². The lowest BCUT2D eigenvalue weighted by molar-refractivity contribution is -0.147. The van der Waals surface area contributed by atoms with Crippen LogP contribution in [0.5, 0.6) is 0 Å². The van der Waals surface area contributed by atoms with Crippen LogP contribution in [0.1, 0.15) is 59.4 Å². The maximum absolute atomic E-state index is 14.1. The van der Waals surface area contributed by atoms with E-state index in [-0.39, 0.29) is 55.5 Å².